The standard InChI is InChI=1S/C22H26N2O3S2/c25-21(23-22(18-5-1-2-6-18)20-7-3-15-28-20)13-10-17-8-11-19(12-9-17)24-14-4-16-29(24,26)27/h3,7-13,15,18,22H,1-2,4-6,14,16H2,(H,23,25)/b13-10+. The van der Waals surface area contributed by atoms with Crippen molar-refractivity contribution in [3.63, 3.8) is 0 Å². The molecule has 1 aliphatic heterocycles. The zero-order valence-corrected chi connectivity index (χ0v) is 17.9. The summed E-state index contributed by atoms with van der Waals surface area (Å²) in [6.45, 7) is 0.533. The number of nitrogens with one attached hydrogen (secondary N) is 1. The van der Waals surface area contributed by atoms with Gasteiger partial charge in [-0.15, -0.1) is 11.3 Å². The predicted octanol–water partition coefficient (Wildman–Crippen LogP) is 4.35. The molecule has 1 N–H and O–H groups in total. The molecule has 1 atom stereocenters. The van der Waals surface area contributed by atoms with Crippen LogP contribution in [-0.4, -0.2) is 26.6 Å². The molecule has 7 heteroatoms. The van der Waals surface area contributed by atoms with Crippen molar-refractivity contribution in [3.05, 3.63) is 58.3 Å². The molecule has 0 spiro atoms. The fraction of sp³-hybridized carbons (Fsp3) is 0.409. The van der Waals surface area contributed by atoms with Crippen LogP contribution in [0.2, 0.25) is 0 Å². The van der Waals surface area contributed by atoms with E-state index in [0.717, 1.165) is 18.4 Å². The van der Waals surface area contributed by atoms with Crippen LogP contribution in [0.15, 0.2) is 47.9 Å². The highest BCUT2D eigenvalue weighted by atomic mass is 32.2. The average Bonchev–Trinajstić information content (AvgIpc) is 3.47. The lowest BCUT2D eigenvalue weighted by Crippen LogP contribution is -2.30. The second-order valence-electron chi connectivity index (χ2n) is 7.71. The lowest BCUT2D eigenvalue weighted by atomic mass is 9.96. The van der Waals surface area contributed by atoms with Crippen LogP contribution in [0.4, 0.5) is 5.69 Å². The lowest BCUT2D eigenvalue weighted by molar-refractivity contribution is -0.117. The van der Waals surface area contributed by atoms with Gasteiger partial charge in [-0.2, -0.15) is 0 Å². The van der Waals surface area contributed by atoms with Gasteiger partial charge in [-0.25, -0.2) is 8.42 Å². The van der Waals surface area contributed by atoms with Gasteiger partial charge >= 0.3 is 0 Å². The maximum atomic E-state index is 12.6. The van der Waals surface area contributed by atoms with E-state index < -0.39 is 10.0 Å². The quantitative estimate of drug-likeness (QED) is 0.693. The van der Waals surface area contributed by atoms with E-state index in [1.807, 2.05) is 18.2 Å². The minimum Gasteiger partial charge on any atom is -0.345 e. The fourth-order valence-corrected chi connectivity index (χ4v) is 6.67. The minimum absolute atomic E-state index is 0.0809. The molecule has 0 radical (unpaired) electrons. The second kappa shape index (κ2) is 8.71. The van der Waals surface area contributed by atoms with E-state index in [0.29, 0.717) is 24.6 Å². The highest BCUT2D eigenvalue weighted by Gasteiger charge is 2.29. The molecule has 1 aromatic heterocycles. The van der Waals surface area contributed by atoms with Gasteiger partial charge in [0, 0.05) is 17.5 Å². The van der Waals surface area contributed by atoms with E-state index in [4.69, 9.17) is 0 Å². The Bertz CT molecular complexity index is 960. The van der Waals surface area contributed by atoms with Gasteiger partial charge in [0.05, 0.1) is 17.5 Å². The van der Waals surface area contributed by atoms with E-state index in [1.165, 1.54) is 22.0 Å². The first-order chi connectivity index (χ1) is 14.0. The van der Waals surface area contributed by atoms with Crippen molar-refractivity contribution in [1.82, 2.24) is 5.32 Å². The number of hydrogen-bond donors (Lipinski definition) is 1. The third-order valence-corrected chi connectivity index (χ3v) is 8.55. The summed E-state index contributed by atoms with van der Waals surface area (Å²) in [5.74, 6) is 0.621. The summed E-state index contributed by atoms with van der Waals surface area (Å²) in [6.07, 6.45) is 8.79. The number of carbonyl (C=O) groups excluding carboxylic acids is 1. The van der Waals surface area contributed by atoms with Gasteiger partial charge in [-0.05, 0) is 60.4 Å². The van der Waals surface area contributed by atoms with Gasteiger partial charge in [0.2, 0.25) is 15.9 Å². The molecule has 1 aliphatic carbocycles. The normalized spacial score (nSPS) is 20.3. The topological polar surface area (TPSA) is 66.5 Å². The zero-order chi connectivity index (χ0) is 20.3. The molecule has 1 saturated carbocycles. The molecule has 2 heterocycles. The number of thiophene rings is 1. The van der Waals surface area contributed by atoms with Gasteiger partial charge in [0.1, 0.15) is 0 Å². The Hall–Kier alpha value is -2.12. The van der Waals surface area contributed by atoms with Gasteiger partial charge in [0.15, 0.2) is 0 Å². The van der Waals surface area contributed by atoms with Crippen LogP contribution in [0.3, 0.4) is 0 Å². The summed E-state index contributed by atoms with van der Waals surface area (Å²) in [4.78, 5) is 13.8. The largest absolute Gasteiger partial charge is 0.345 e. The minimum atomic E-state index is -3.17. The first kappa shape index (κ1) is 20.2. The smallest absolute Gasteiger partial charge is 0.244 e. The van der Waals surface area contributed by atoms with Crippen LogP contribution in [0.1, 0.15) is 48.6 Å². The van der Waals surface area contributed by atoms with Crippen molar-refractivity contribution in [2.75, 3.05) is 16.6 Å². The van der Waals surface area contributed by atoms with Crippen LogP contribution in [0, 0.1) is 5.92 Å². The number of hydrogen-bond acceptors (Lipinski definition) is 4. The monoisotopic (exact) mass is 430 g/mol. The molecular formula is C22H26N2O3S2. The van der Waals surface area contributed by atoms with E-state index >= 15 is 0 Å². The number of carbonyl (C=O) groups is 1. The third kappa shape index (κ3) is 4.73. The van der Waals surface area contributed by atoms with Crippen LogP contribution in [0.5, 0.6) is 0 Å². The Morgan fingerprint density at radius 1 is 1.14 bits per heavy atom. The Labute approximate surface area is 176 Å². The molecule has 4 rings (SSSR count). The van der Waals surface area contributed by atoms with Gasteiger partial charge < -0.3 is 5.32 Å². The molecule has 1 aromatic carbocycles. The Morgan fingerprint density at radius 2 is 1.90 bits per heavy atom. The molecule has 1 unspecified atom stereocenters. The molecule has 5 nitrogen and oxygen atoms in total. The molecule has 154 valence electrons. The number of benzene rings is 1. The van der Waals surface area contributed by atoms with Crippen LogP contribution in [-0.2, 0) is 14.8 Å². The molecule has 29 heavy (non-hydrogen) atoms. The highest BCUT2D eigenvalue weighted by molar-refractivity contribution is 7.93. The molecule has 2 fully saturated rings. The predicted molar refractivity (Wildman–Crippen MR) is 118 cm³/mol. The summed E-state index contributed by atoms with van der Waals surface area (Å²) < 4.78 is 25.5. The number of rotatable bonds is 6. The Kier molecular flexibility index (Phi) is 6.06. The van der Waals surface area contributed by atoms with E-state index in [1.54, 1.807) is 35.6 Å². The number of nitrogens with zero attached hydrogens (tertiary/aromatic N) is 1. The SMILES string of the molecule is O=C(/C=C/c1ccc(N2CCCS2(=O)=O)cc1)NC(c1cccs1)C1CCCC1. The molecule has 0 bridgehead atoms. The van der Waals surface area contributed by atoms with E-state index in [9.17, 15) is 13.2 Å². The first-order valence-corrected chi connectivity index (χ1v) is 12.6. The zero-order valence-electron chi connectivity index (χ0n) is 16.3. The lowest BCUT2D eigenvalue weighted by Gasteiger charge is -2.23. The molecule has 2 aliphatic rings. The highest BCUT2D eigenvalue weighted by Crippen LogP contribution is 2.37. The maximum Gasteiger partial charge on any atom is 0.244 e. The van der Waals surface area contributed by atoms with Crippen LogP contribution < -0.4 is 9.62 Å². The Morgan fingerprint density at radius 3 is 2.52 bits per heavy atom. The van der Waals surface area contributed by atoms with Gasteiger partial charge in [0.25, 0.3) is 0 Å². The fourth-order valence-electron chi connectivity index (χ4n) is 4.23. The van der Waals surface area contributed by atoms with Crippen LogP contribution in [0.25, 0.3) is 6.08 Å². The van der Waals surface area contributed by atoms with Gasteiger partial charge in [-0.1, -0.05) is 31.0 Å². The summed E-state index contributed by atoms with van der Waals surface area (Å²) >= 11 is 1.70. The average molecular weight is 431 g/mol. The van der Waals surface area contributed by atoms with Crippen molar-refractivity contribution in [3.8, 4) is 0 Å². The van der Waals surface area contributed by atoms with Crippen molar-refractivity contribution in [2.24, 2.45) is 5.92 Å². The number of sulfonamides is 1. The molecule has 1 amide bonds. The first-order valence-electron chi connectivity index (χ1n) is 10.2. The Balaban J connectivity index is 1.41. The summed E-state index contributed by atoms with van der Waals surface area (Å²) in [5.41, 5.74) is 1.55. The van der Waals surface area contributed by atoms with Gasteiger partial charge in [-0.3, -0.25) is 9.10 Å². The van der Waals surface area contributed by atoms with E-state index in [2.05, 4.69) is 16.8 Å². The summed E-state index contributed by atoms with van der Waals surface area (Å²) in [7, 11) is -3.17. The summed E-state index contributed by atoms with van der Waals surface area (Å²) in [6, 6.07) is 11.5. The van der Waals surface area contributed by atoms with Crippen molar-refractivity contribution < 1.29 is 13.2 Å². The maximum absolute atomic E-state index is 12.6. The molecule has 2 aromatic rings. The number of amides is 1. The van der Waals surface area contributed by atoms with E-state index in [-0.39, 0.29) is 17.7 Å². The molecule has 1 saturated heterocycles. The van der Waals surface area contributed by atoms with Crippen molar-refractivity contribution in [2.45, 2.75) is 38.1 Å². The summed E-state index contributed by atoms with van der Waals surface area (Å²) in [5, 5.41) is 5.25. The van der Waals surface area contributed by atoms with Crippen LogP contribution >= 0.6 is 11.3 Å². The van der Waals surface area contributed by atoms with Crippen molar-refractivity contribution >= 4 is 39.0 Å². The number of anilines is 1. The third-order valence-electron chi connectivity index (χ3n) is 5.73. The second-order valence-corrected chi connectivity index (χ2v) is 10.7. The molecular weight excluding hydrogens is 404 g/mol. The van der Waals surface area contributed by atoms with Crippen molar-refractivity contribution in [1.29, 1.82) is 0 Å².